The van der Waals surface area contributed by atoms with Crippen molar-refractivity contribution >= 4 is 43.1 Å². The SMILES string of the molecule is CC(C)C[C@H](N)C(=O)NCC(C)N1CCN(C)CC1.Cl.Cl.Cl. The quantitative estimate of drug-likeness (QED) is 0.732. The molecule has 0 spiro atoms. The van der Waals surface area contributed by atoms with Gasteiger partial charge in [0.2, 0.25) is 5.91 Å². The molecule has 5 nitrogen and oxygen atoms in total. The van der Waals surface area contributed by atoms with E-state index < -0.39 is 0 Å². The van der Waals surface area contributed by atoms with E-state index in [2.05, 4.69) is 42.9 Å². The smallest absolute Gasteiger partial charge is 0.236 e. The summed E-state index contributed by atoms with van der Waals surface area (Å²) in [5.41, 5.74) is 5.87. The average Bonchev–Trinajstić information content (AvgIpc) is 2.35. The van der Waals surface area contributed by atoms with Gasteiger partial charge in [-0.25, -0.2) is 0 Å². The van der Waals surface area contributed by atoms with Gasteiger partial charge in [-0.05, 0) is 26.3 Å². The van der Waals surface area contributed by atoms with Crippen molar-refractivity contribution in [1.29, 1.82) is 0 Å². The molecule has 0 radical (unpaired) electrons. The van der Waals surface area contributed by atoms with Crippen molar-refractivity contribution in [1.82, 2.24) is 15.1 Å². The maximum atomic E-state index is 11.9. The summed E-state index contributed by atoms with van der Waals surface area (Å²) < 4.78 is 0. The van der Waals surface area contributed by atoms with Gasteiger partial charge in [0.15, 0.2) is 0 Å². The number of likely N-dealkylation sites (N-methyl/N-ethyl adjacent to an activating group) is 1. The van der Waals surface area contributed by atoms with E-state index in [4.69, 9.17) is 5.73 Å². The molecule has 0 saturated carbocycles. The zero-order valence-corrected chi connectivity index (χ0v) is 16.5. The number of amides is 1. The summed E-state index contributed by atoms with van der Waals surface area (Å²) in [5.74, 6) is 0.436. The summed E-state index contributed by atoms with van der Waals surface area (Å²) in [6, 6.07) is 0.00332. The van der Waals surface area contributed by atoms with Gasteiger partial charge in [0.05, 0.1) is 6.04 Å². The molecule has 3 N–H and O–H groups in total. The van der Waals surface area contributed by atoms with Gasteiger partial charge in [0.1, 0.15) is 0 Å². The molecule has 1 saturated heterocycles. The third-order valence-corrected chi connectivity index (χ3v) is 3.80. The zero-order chi connectivity index (χ0) is 14.4. The second-order valence-electron chi connectivity index (χ2n) is 6.17. The van der Waals surface area contributed by atoms with E-state index in [-0.39, 0.29) is 49.2 Å². The molecule has 0 aromatic carbocycles. The summed E-state index contributed by atoms with van der Waals surface area (Å²) in [5, 5.41) is 2.98. The molecule has 1 amide bonds. The van der Waals surface area contributed by atoms with Crippen LogP contribution in [0.5, 0.6) is 0 Å². The van der Waals surface area contributed by atoms with Crippen LogP contribution in [0, 0.1) is 5.92 Å². The van der Waals surface area contributed by atoms with Crippen molar-refractivity contribution in [3.63, 3.8) is 0 Å². The fourth-order valence-corrected chi connectivity index (χ4v) is 2.39. The van der Waals surface area contributed by atoms with E-state index in [0.717, 1.165) is 32.6 Å². The minimum Gasteiger partial charge on any atom is -0.353 e. The van der Waals surface area contributed by atoms with Gasteiger partial charge in [-0.2, -0.15) is 0 Å². The fraction of sp³-hybridized carbons (Fsp3) is 0.929. The lowest BCUT2D eigenvalue weighted by atomic mass is 10.0. The summed E-state index contributed by atoms with van der Waals surface area (Å²) >= 11 is 0. The van der Waals surface area contributed by atoms with Crippen LogP contribution < -0.4 is 11.1 Å². The molecule has 0 aromatic rings. The van der Waals surface area contributed by atoms with E-state index in [1.54, 1.807) is 0 Å². The van der Waals surface area contributed by atoms with Crippen LogP contribution in [0.25, 0.3) is 0 Å². The zero-order valence-electron chi connectivity index (χ0n) is 14.1. The van der Waals surface area contributed by atoms with Crippen LogP contribution in [0.4, 0.5) is 0 Å². The monoisotopic (exact) mass is 378 g/mol. The highest BCUT2D eigenvalue weighted by Gasteiger charge is 2.20. The molecule has 1 fully saturated rings. The Bertz CT molecular complexity index is 287. The lowest BCUT2D eigenvalue weighted by molar-refractivity contribution is -0.122. The molecule has 0 aliphatic carbocycles. The van der Waals surface area contributed by atoms with Crippen LogP contribution in [0.15, 0.2) is 0 Å². The first-order valence-electron chi connectivity index (χ1n) is 7.36. The third-order valence-electron chi connectivity index (χ3n) is 3.80. The minimum absolute atomic E-state index is 0. The predicted octanol–water partition coefficient (Wildman–Crippen LogP) is 1.38. The van der Waals surface area contributed by atoms with E-state index in [1.165, 1.54) is 0 Å². The topological polar surface area (TPSA) is 61.6 Å². The molecular weight excluding hydrogens is 347 g/mol. The van der Waals surface area contributed by atoms with Gasteiger partial charge in [0.25, 0.3) is 0 Å². The molecular formula is C14H33Cl3N4O. The number of halogens is 3. The maximum absolute atomic E-state index is 11.9. The molecule has 1 aliphatic heterocycles. The van der Waals surface area contributed by atoms with E-state index in [0.29, 0.717) is 18.5 Å². The molecule has 1 rings (SSSR count). The van der Waals surface area contributed by atoms with Gasteiger partial charge in [0, 0.05) is 38.8 Å². The van der Waals surface area contributed by atoms with Crippen LogP contribution >= 0.6 is 37.2 Å². The highest BCUT2D eigenvalue weighted by Crippen LogP contribution is 2.05. The van der Waals surface area contributed by atoms with Crippen LogP contribution in [0.3, 0.4) is 0 Å². The number of rotatable bonds is 6. The van der Waals surface area contributed by atoms with Crippen molar-refractivity contribution in [2.75, 3.05) is 39.8 Å². The van der Waals surface area contributed by atoms with Crippen LogP contribution in [-0.2, 0) is 4.79 Å². The number of carbonyl (C=O) groups excluding carboxylic acids is 1. The number of carbonyl (C=O) groups is 1. The lowest BCUT2D eigenvalue weighted by Crippen LogP contribution is -2.52. The Balaban J connectivity index is -0.00000120. The summed E-state index contributed by atoms with van der Waals surface area (Å²) in [6.45, 7) is 11.4. The molecule has 1 heterocycles. The Morgan fingerprint density at radius 3 is 2.05 bits per heavy atom. The minimum atomic E-state index is -0.375. The second kappa shape index (κ2) is 13.6. The Kier molecular flexibility index (Phi) is 16.8. The largest absolute Gasteiger partial charge is 0.353 e. The Hall–Kier alpha value is 0.220. The standard InChI is InChI=1S/C14H30N4O.3ClH/c1-11(2)9-13(15)14(19)16-10-12(3)18-7-5-17(4)6-8-18;;;/h11-13H,5-10,15H2,1-4H3,(H,16,19);3*1H/t12?,13-;;;/m0.../s1. The van der Waals surface area contributed by atoms with Crippen LogP contribution in [0.2, 0.25) is 0 Å². The van der Waals surface area contributed by atoms with E-state index in [9.17, 15) is 4.79 Å². The van der Waals surface area contributed by atoms with Crippen molar-refractivity contribution in [3.8, 4) is 0 Å². The predicted molar refractivity (Wildman–Crippen MR) is 101 cm³/mol. The first-order valence-corrected chi connectivity index (χ1v) is 7.36. The number of nitrogens with zero attached hydrogens (tertiary/aromatic N) is 2. The maximum Gasteiger partial charge on any atom is 0.236 e. The number of hydrogen-bond acceptors (Lipinski definition) is 4. The summed E-state index contributed by atoms with van der Waals surface area (Å²) in [6.07, 6.45) is 0.745. The first kappa shape index (κ1) is 27.1. The van der Waals surface area contributed by atoms with Gasteiger partial charge in [-0.1, -0.05) is 13.8 Å². The lowest BCUT2D eigenvalue weighted by Gasteiger charge is -2.36. The van der Waals surface area contributed by atoms with Crippen LogP contribution in [-0.4, -0.2) is 67.6 Å². The van der Waals surface area contributed by atoms with E-state index in [1.807, 2.05) is 0 Å². The van der Waals surface area contributed by atoms with Crippen molar-refractivity contribution < 1.29 is 4.79 Å². The summed E-state index contributed by atoms with van der Waals surface area (Å²) in [4.78, 5) is 16.6. The highest BCUT2D eigenvalue weighted by atomic mass is 35.5. The normalized spacial score (nSPS) is 18.5. The summed E-state index contributed by atoms with van der Waals surface area (Å²) in [7, 11) is 2.15. The number of nitrogens with one attached hydrogen (secondary N) is 1. The van der Waals surface area contributed by atoms with Gasteiger partial charge in [-0.15, -0.1) is 37.2 Å². The molecule has 136 valence electrons. The first-order chi connectivity index (χ1) is 8.90. The Labute approximate surface area is 154 Å². The van der Waals surface area contributed by atoms with Crippen molar-refractivity contribution in [2.24, 2.45) is 11.7 Å². The van der Waals surface area contributed by atoms with E-state index >= 15 is 0 Å². The molecule has 0 bridgehead atoms. The molecule has 1 aliphatic rings. The molecule has 8 heteroatoms. The molecule has 22 heavy (non-hydrogen) atoms. The fourth-order valence-electron chi connectivity index (χ4n) is 2.39. The van der Waals surface area contributed by atoms with Gasteiger partial charge < -0.3 is 16.0 Å². The highest BCUT2D eigenvalue weighted by molar-refractivity contribution is 5.86. The number of piperazine rings is 1. The molecule has 2 atom stereocenters. The Morgan fingerprint density at radius 2 is 1.59 bits per heavy atom. The Morgan fingerprint density at radius 1 is 1.09 bits per heavy atom. The van der Waals surface area contributed by atoms with Gasteiger partial charge in [-0.3, -0.25) is 9.69 Å². The van der Waals surface area contributed by atoms with Crippen LogP contribution in [0.1, 0.15) is 27.2 Å². The third kappa shape index (κ3) is 10.1. The van der Waals surface area contributed by atoms with Crippen molar-refractivity contribution in [3.05, 3.63) is 0 Å². The molecule has 0 aromatic heterocycles. The molecule has 1 unspecified atom stereocenters. The number of hydrogen-bond donors (Lipinski definition) is 2. The number of nitrogens with two attached hydrogens (primary N) is 1. The van der Waals surface area contributed by atoms with Crippen molar-refractivity contribution in [2.45, 2.75) is 39.3 Å². The second-order valence-corrected chi connectivity index (χ2v) is 6.17. The average molecular weight is 380 g/mol. The van der Waals surface area contributed by atoms with Gasteiger partial charge >= 0.3 is 0 Å².